The number of fused-ring (bicyclic) bond motifs is 1. The lowest BCUT2D eigenvalue weighted by Crippen LogP contribution is -2.37. The Labute approximate surface area is 103 Å². The number of rotatable bonds is 3. The van der Waals surface area contributed by atoms with Crippen LogP contribution in [-0.2, 0) is 4.79 Å². The van der Waals surface area contributed by atoms with E-state index in [9.17, 15) is 4.79 Å². The predicted octanol–water partition coefficient (Wildman–Crippen LogP) is 0.785. The van der Waals surface area contributed by atoms with Crippen molar-refractivity contribution in [3.05, 3.63) is 23.8 Å². The molecule has 1 aliphatic heterocycles. The van der Waals surface area contributed by atoms with Gasteiger partial charge in [-0.2, -0.15) is 4.98 Å². The van der Waals surface area contributed by atoms with E-state index in [-0.39, 0.29) is 23.5 Å². The van der Waals surface area contributed by atoms with E-state index in [4.69, 9.17) is 16.7 Å². The first-order valence-electron chi connectivity index (χ1n) is 5.04. The van der Waals surface area contributed by atoms with Crippen LogP contribution in [0.25, 0.3) is 0 Å². The van der Waals surface area contributed by atoms with Crippen LogP contribution >= 0.6 is 11.6 Å². The van der Waals surface area contributed by atoms with Gasteiger partial charge in [0.25, 0.3) is 5.91 Å². The number of carbonyl (C=O) groups excluding carboxylic acids is 1. The van der Waals surface area contributed by atoms with E-state index in [1.165, 1.54) is 6.20 Å². The predicted molar refractivity (Wildman–Crippen MR) is 63.9 cm³/mol. The van der Waals surface area contributed by atoms with Gasteiger partial charge in [-0.25, -0.2) is 4.98 Å². The van der Waals surface area contributed by atoms with Gasteiger partial charge in [-0.3, -0.25) is 4.79 Å². The molecule has 17 heavy (non-hydrogen) atoms. The number of aromatic nitrogens is 2. The molecule has 90 valence electrons. The fourth-order valence-electron chi connectivity index (χ4n) is 1.56. The number of hydrogen-bond donors (Lipinski definition) is 2. The normalized spacial score (nSPS) is 14.6. The Balaban J connectivity index is 2.39. The number of nitrogens with one attached hydrogen (secondary N) is 1. The number of aliphatic hydroxyl groups is 1. The standard InChI is InChI=1S/C10H11ClN4O2/c1-6-9(17)13-7-5-12-10(11)14-8(7)15(6)3-2-4-16/h5,16H,1-4H2,(H,13,17). The Hall–Kier alpha value is -1.66. The lowest BCUT2D eigenvalue weighted by molar-refractivity contribution is -0.113. The molecule has 6 nitrogen and oxygen atoms in total. The van der Waals surface area contributed by atoms with Crippen molar-refractivity contribution >= 4 is 29.0 Å². The second kappa shape index (κ2) is 4.68. The Kier molecular flexibility index (Phi) is 3.26. The Morgan fingerprint density at radius 2 is 2.35 bits per heavy atom. The molecule has 1 aromatic rings. The van der Waals surface area contributed by atoms with Crippen molar-refractivity contribution in [3.8, 4) is 0 Å². The Bertz CT molecular complexity index is 477. The van der Waals surface area contributed by atoms with Crippen LogP contribution < -0.4 is 10.2 Å². The third-order valence-corrected chi connectivity index (χ3v) is 2.55. The molecular weight excluding hydrogens is 244 g/mol. The number of halogens is 1. The van der Waals surface area contributed by atoms with Crippen LogP contribution in [0, 0.1) is 0 Å². The van der Waals surface area contributed by atoms with Crippen LogP contribution in [0.15, 0.2) is 18.5 Å². The highest BCUT2D eigenvalue weighted by atomic mass is 35.5. The van der Waals surface area contributed by atoms with Gasteiger partial charge in [-0.15, -0.1) is 0 Å². The van der Waals surface area contributed by atoms with Gasteiger partial charge >= 0.3 is 0 Å². The first-order chi connectivity index (χ1) is 8.13. The molecule has 2 N–H and O–H groups in total. The minimum atomic E-state index is -0.304. The average Bonchev–Trinajstić information content (AvgIpc) is 2.31. The zero-order valence-electron chi connectivity index (χ0n) is 8.98. The summed E-state index contributed by atoms with van der Waals surface area (Å²) in [6.07, 6.45) is 1.95. The summed E-state index contributed by atoms with van der Waals surface area (Å²) in [6, 6.07) is 0. The van der Waals surface area contributed by atoms with Gasteiger partial charge in [0.05, 0.1) is 6.20 Å². The highest BCUT2D eigenvalue weighted by Crippen LogP contribution is 2.31. The van der Waals surface area contributed by atoms with E-state index in [0.717, 1.165) is 0 Å². The van der Waals surface area contributed by atoms with Gasteiger partial charge in [0.1, 0.15) is 11.4 Å². The minimum Gasteiger partial charge on any atom is -0.396 e. The maximum absolute atomic E-state index is 11.6. The zero-order valence-corrected chi connectivity index (χ0v) is 9.74. The molecular formula is C10H11ClN4O2. The van der Waals surface area contributed by atoms with E-state index >= 15 is 0 Å². The van der Waals surface area contributed by atoms with Crippen LogP contribution in [0.5, 0.6) is 0 Å². The van der Waals surface area contributed by atoms with Crippen LogP contribution in [0.2, 0.25) is 5.28 Å². The Morgan fingerprint density at radius 1 is 1.59 bits per heavy atom. The number of anilines is 2. The van der Waals surface area contributed by atoms with Crippen molar-refractivity contribution in [2.24, 2.45) is 0 Å². The molecule has 0 unspecified atom stereocenters. The van der Waals surface area contributed by atoms with Gasteiger partial charge in [0.15, 0.2) is 5.82 Å². The lowest BCUT2D eigenvalue weighted by Gasteiger charge is -2.30. The molecule has 2 rings (SSSR count). The molecule has 0 atom stereocenters. The number of amides is 1. The summed E-state index contributed by atoms with van der Waals surface area (Å²) in [7, 11) is 0. The van der Waals surface area contributed by atoms with E-state index < -0.39 is 0 Å². The van der Waals surface area contributed by atoms with Crippen molar-refractivity contribution in [2.45, 2.75) is 6.42 Å². The maximum Gasteiger partial charge on any atom is 0.271 e. The molecule has 1 aromatic heterocycles. The molecule has 0 radical (unpaired) electrons. The summed E-state index contributed by atoms with van der Waals surface area (Å²) in [5.74, 6) is 0.199. The molecule has 2 heterocycles. The second-order valence-corrected chi connectivity index (χ2v) is 3.84. The fraction of sp³-hybridized carbons (Fsp3) is 0.300. The SMILES string of the molecule is C=C1C(=O)Nc2cnc(Cl)nc2N1CCCO. The number of nitrogens with zero attached hydrogens (tertiary/aromatic N) is 3. The van der Waals surface area contributed by atoms with Crippen LogP contribution in [0.4, 0.5) is 11.5 Å². The summed E-state index contributed by atoms with van der Waals surface area (Å²) >= 11 is 5.72. The number of aliphatic hydroxyl groups excluding tert-OH is 1. The average molecular weight is 255 g/mol. The maximum atomic E-state index is 11.6. The highest BCUT2D eigenvalue weighted by molar-refractivity contribution is 6.28. The molecule has 0 aliphatic carbocycles. The largest absolute Gasteiger partial charge is 0.396 e. The van der Waals surface area contributed by atoms with Crippen LogP contribution in [-0.4, -0.2) is 34.1 Å². The Morgan fingerprint density at radius 3 is 3.06 bits per heavy atom. The van der Waals surface area contributed by atoms with Crippen LogP contribution in [0.1, 0.15) is 6.42 Å². The lowest BCUT2D eigenvalue weighted by atomic mass is 10.2. The molecule has 1 amide bonds. The molecule has 0 saturated carbocycles. The van der Waals surface area contributed by atoms with Gasteiger partial charge < -0.3 is 15.3 Å². The molecule has 7 heteroatoms. The topological polar surface area (TPSA) is 78.4 Å². The monoisotopic (exact) mass is 254 g/mol. The third-order valence-electron chi connectivity index (χ3n) is 2.37. The fourth-order valence-corrected chi connectivity index (χ4v) is 1.69. The van der Waals surface area contributed by atoms with E-state index in [0.29, 0.717) is 24.5 Å². The van der Waals surface area contributed by atoms with Gasteiger partial charge in [0.2, 0.25) is 5.28 Å². The summed E-state index contributed by atoms with van der Waals surface area (Å²) in [6.45, 7) is 4.16. The van der Waals surface area contributed by atoms with E-state index in [1.54, 1.807) is 4.90 Å². The molecule has 0 spiro atoms. The zero-order chi connectivity index (χ0) is 12.4. The molecule has 0 fully saturated rings. The first-order valence-corrected chi connectivity index (χ1v) is 5.42. The molecule has 0 aromatic carbocycles. The van der Waals surface area contributed by atoms with Crippen molar-refractivity contribution < 1.29 is 9.90 Å². The summed E-state index contributed by atoms with van der Waals surface area (Å²) in [5.41, 5.74) is 0.769. The first kappa shape index (κ1) is 11.8. The van der Waals surface area contributed by atoms with Crippen molar-refractivity contribution in [1.82, 2.24) is 9.97 Å². The third kappa shape index (κ3) is 2.22. The number of hydrogen-bond acceptors (Lipinski definition) is 5. The molecule has 1 aliphatic rings. The van der Waals surface area contributed by atoms with Crippen molar-refractivity contribution in [3.63, 3.8) is 0 Å². The highest BCUT2D eigenvalue weighted by Gasteiger charge is 2.27. The minimum absolute atomic E-state index is 0.0273. The van der Waals surface area contributed by atoms with Crippen molar-refractivity contribution in [2.75, 3.05) is 23.4 Å². The second-order valence-electron chi connectivity index (χ2n) is 3.51. The molecule has 0 saturated heterocycles. The summed E-state index contributed by atoms with van der Waals surface area (Å²) < 4.78 is 0. The number of carbonyl (C=O) groups is 1. The quantitative estimate of drug-likeness (QED) is 0.616. The van der Waals surface area contributed by atoms with E-state index in [2.05, 4.69) is 21.9 Å². The van der Waals surface area contributed by atoms with Gasteiger partial charge in [-0.1, -0.05) is 6.58 Å². The summed E-state index contributed by atoms with van der Waals surface area (Å²) in [4.78, 5) is 21.1. The van der Waals surface area contributed by atoms with Crippen molar-refractivity contribution in [1.29, 1.82) is 0 Å². The van der Waals surface area contributed by atoms with E-state index in [1.807, 2.05) is 0 Å². The van der Waals surface area contributed by atoms with Gasteiger partial charge in [0, 0.05) is 13.2 Å². The summed E-state index contributed by atoms with van der Waals surface area (Å²) in [5, 5.41) is 11.6. The van der Waals surface area contributed by atoms with Gasteiger partial charge in [-0.05, 0) is 18.0 Å². The molecule has 0 bridgehead atoms. The van der Waals surface area contributed by atoms with Crippen LogP contribution in [0.3, 0.4) is 0 Å². The smallest absolute Gasteiger partial charge is 0.271 e.